The standard InChI is InChI=1S/C16H21Cl2NO/c1-3-13-6-4-5-9-19(13)11(2)16(20)14-8-7-12(17)10-15(14)18/h7-8,10-11,13H,3-6,9H2,1-2H3. The number of rotatable bonds is 4. The van der Waals surface area contributed by atoms with Gasteiger partial charge in [-0.15, -0.1) is 0 Å². The first-order chi connectivity index (χ1) is 9.54. The average Bonchev–Trinajstić information content (AvgIpc) is 2.45. The van der Waals surface area contributed by atoms with Gasteiger partial charge >= 0.3 is 0 Å². The Balaban J connectivity index is 2.18. The minimum Gasteiger partial charge on any atom is -0.292 e. The minimum atomic E-state index is -0.126. The van der Waals surface area contributed by atoms with E-state index in [0.717, 1.165) is 13.0 Å². The van der Waals surface area contributed by atoms with Crippen LogP contribution in [0.3, 0.4) is 0 Å². The van der Waals surface area contributed by atoms with Gasteiger partial charge in [0, 0.05) is 16.6 Å². The largest absolute Gasteiger partial charge is 0.292 e. The second-order valence-corrected chi connectivity index (χ2v) is 6.30. The zero-order chi connectivity index (χ0) is 14.7. The molecule has 110 valence electrons. The highest BCUT2D eigenvalue weighted by Crippen LogP contribution is 2.27. The topological polar surface area (TPSA) is 20.3 Å². The van der Waals surface area contributed by atoms with Gasteiger partial charge in [0.2, 0.25) is 0 Å². The van der Waals surface area contributed by atoms with E-state index < -0.39 is 0 Å². The van der Waals surface area contributed by atoms with Crippen molar-refractivity contribution in [2.45, 2.75) is 51.6 Å². The highest BCUT2D eigenvalue weighted by molar-refractivity contribution is 6.37. The summed E-state index contributed by atoms with van der Waals surface area (Å²) in [5.74, 6) is 0.0898. The summed E-state index contributed by atoms with van der Waals surface area (Å²) < 4.78 is 0. The third-order valence-electron chi connectivity index (χ3n) is 4.22. The molecule has 0 bridgehead atoms. The number of hydrogen-bond acceptors (Lipinski definition) is 2. The summed E-state index contributed by atoms with van der Waals surface area (Å²) in [6.07, 6.45) is 4.70. The van der Waals surface area contributed by atoms with Crippen LogP contribution in [-0.4, -0.2) is 29.3 Å². The van der Waals surface area contributed by atoms with Crippen LogP contribution in [0.5, 0.6) is 0 Å². The SMILES string of the molecule is CCC1CCCCN1C(C)C(=O)c1ccc(Cl)cc1Cl. The van der Waals surface area contributed by atoms with Crippen molar-refractivity contribution in [3.63, 3.8) is 0 Å². The lowest BCUT2D eigenvalue weighted by Crippen LogP contribution is -2.48. The molecule has 0 aliphatic carbocycles. The van der Waals surface area contributed by atoms with Crippen LogP contribution >= 0.6 is 23.2 Å². The third-order valence-corrected chi connectivity index (χ3v) is 4.77. The molecule has 1 aromatic carbocycles. The minimum absolute atomic E-state index is 0.0898. The van der Waals surface area contributed by atoms with E-state index in [4.69, 9.17) is 23.2 Å². The molecule has 1 aliphatic rings. The smallest absolute Gasteiger partial charge is 0.181 e. The van der Waals surface area contributed by atoms with Crippen LogP contribution in [0.1, 0.15) is 49.9 Å². The molecule has 0 radical (unpaired) electrons. The molecule has 1 fully saturated rings. The number of hydrogen-bond donors (Lipinski definition) is 0. The van der Waals surface area contributed by atoms with Gasteiger partial charge in [-0.2, -0.15) is 0 Å². The molecule has 1 heterocycles. The Labute approximate surface area is 131 Å². The number of benzene rings is 1. The van der Waals surface area contributed by atoms with Crippen molar-refractivity contribution >= 4 is 29.0 Å². The maximum Gasteiger partial charge on any atom is 0.181 e. The summed E-state index contributed by atoms with van der Waals surface area (Å²) in [5, 5.41) is 1.00. The quantitative estimate of drug-likeness (QED) is 0.742. The molecule has 2 rings (SSSR count). The van der Waals surface area contributed by atoms with E-state index in [1.807, 2.05) is 6.92 Å². The number of Topliss-reactive ketones (excluding diaryl/α,β-unsaturated/α-hetero) is 1. The molecule has 2 nitrogen and oxygen atoms in total. The molecular weight excluding hydrogens is 293 g/mol. The maximum absolute atomic E-state index is 12.7. The van der Waals surface area contributed by atoms with E-state index in [-0.39, 0.29) is 11.8 Å². The van der Waals surface area contributed by atoms with Gasteiger partial charge in [-0.1, -0.05) is 36.5 Å². The van der Waals surface area contributed by atoms with Crippen LogP contribution in [0.4, 0.5) is 0 Å². The third kappa shape index (κ3) is 3.36. The molecule has 0 spiro atoms. The lowest BCUT2D eigenvalue weighted by atomic mass is 9.95. The van der Waals surface area contributed by atoms with Gasteiger partial charge in [0.05, 0.1) is 11.1 Å². The van der Waals surface area contributed by atoms with Crippen molar-refractivity contribution in [3.8, 4) is 0 Å². The zero-order valence-corrected chi connectivity index (χ0v) is 13.5. The number of piperidine rings is 1. The number of likely N-dealkylation sites (tertiary alicyclic amines) is 1. The number of nitrogens with zero attached hydrogens (tertiary/aromatic N) is 1. The van der Waals surface area contributed by atoms with E-state index >= 15 is 0 Å². The van der Waals surface area contributed by atoms with E-state index in [2.05, 4.69) is 11.8 Å². The molecule has 1 aromatic rings. The highest BCUT2D eigenvalue weighted by Gasteiger charge is 2.30. The number of carbonyl (C=O) groups excluding carboxylic acids is 1. The van der Waals surface area contributed by atoms with Gasteiger partial charge in [0.15, 0.2) is 5.78 Å². The van der Waals surface area contributed by atoms with Gasteiger partial charge < -0.3 is 0 Å². The molecular formula is C16H21Cl2NO. The molecule has 20 heavy (non-hydrogen) atoms. The number of ketones is 1. The summed E-state index contributed by atoms with van der Waals surface area (Å²) in [7, 11) is 0. The van der Waals surface area contributed by atoms with Crippen molar-refractivity contribution in [1.29, 1.82) is 0 Å². The van der Waals surface area contributed by atoms with Gasteiger partial charge in [0.25, 0.3) is 0 Å². The first-order valence-corrected chi connectivity index (χ1v) is 8.05. The Kier molecular flexibility index (Phi) is 5.48. The lowest BCUT2D eigenvalue weighted by Gasteiger charge is -2.39. The first-order valence-electron chi connectivity index (χ1n) is 7.29. The van der Waals surface area contributed by atoms with Crippen LogP contribution in [0.25, 0.3) is 0 Å². The molecule has 2 atom stereocenters. The summed E-state index contributed by atoms with van der Waals surface area (Å²) in [5.41, 5.74) is 0.573. The van der Waals surface area contributed by atoms with Crippen LogP contribution in [0.15, 0.2) is 18.2 Å². The predicted molar refractivity (Wildman–Crippen MR) is 84.9 cm³/mol. The molecule has 0 N–H and O–H groups in total. The summed E-state index contributed by atoms with van der Waals surface area (Å²) >= 11 is 12.0. The van der Waals surface area contributed by atoms with Crippen molar-refractivity contribution in [3.05, 3.63) is 33.8 Å². The van der Waals surface area contributed by atoms with Crippen molar-refractivity contribution in [1.82, 2.24) is 4.90 Å². The lowest BCUT2D eigenvalue weighted by molar-refractivity contribution is 0.0661. The van der Waals surface area contributed by atoms with Crippen molar-refractivity contribution < 1.29 is 4.79 Å². The van der Waals surface area contributed by atoms with Gasteiger partial charge in [-0.3, -0.25) is 9.69 Å². The molecule has 1 aliphatic heterocycles. The van der Waals surface area contributed by atoms with Gasteiger partial charge in [-0.05, 0) is 50.9 Å². The van der Waals surface area contributed by atoms with Gasteiger partial charge in [-0.25, -0.2) is 0 Å². The Hall–Kier alpha value is -0.570. The highest BCUT2D eigenvalue weighted by atomic mass is 35.5. The zero-order valence-electron chi connectivity index (χ0n) is 12.0. The van der Waals surface area contributed by atoms with Crippen molar-refractivity contribution in [2.75, 3.05) is 6.54 Å². The maximum atomic E-state index is 12.7. The van der Waals surface area contributed by atoms with E-state index in [9.17, 15) is 4.79 Å². The predicted octanol–water partition coefficient (Wildman–Crippen LogP) is 4.83. The van der Waals surface area contributed by atoms with Gasteiger partial charge in [0.1, 0.15) is 0 Å². The summed E-state index contributed by atoms with van der Waals surface area (Å²) in [6.45, 7) is 5.17. The van der Waals surface area contributed by atoms with Crippen LogP contribution in [0.2, 0.25) is 10.0 Å². The van der Waals surface area contributed by atoms with E-state index in [0.29, 0.717) is 21.7 Å². The first kappa shape index (κ1) is 15.8. The Morgan fingerprint density at radius 2 is 2.15 bits per heavy atom. The Bertz CT molecular complexity index is 489. The molecule has 4 heteroatoms. The molecule has 0 amide bonds. The van der Waals surface area contributed by atoms with Crippen LogP contribution in [-0.2, 0) is 0 Å². The second kappa shape index (κ2) is 6.93. The number of carbonyl (C=O) groups is 1. The molecule has 0 aromatic heterocycles. The Morgan fingerprint density at radius 3 is 2.80 bits per heavy atom. The summed E-state index contributed by atoms with van der Waals surface area (Å²) in [4.78, 5) is 15.0. The number of halogens is 2. The molecule has 2 unspecified atom stereocenters. The Morgan fingerprint density at radius 1 is 1.40 bits per heavy atom. The fraction of sp³-hybridized carbons (Fsp3) is 0.562. The normalized spacial score (nSPS) is 21.7. The fourth-order valence-electron chi connectivity index (χ4n) is 3.04. The second-order valence-electron chi connectivity index (χ2n) is 5.46. The van der Waals surface area contributed by atoms with Crippen molar-refractivity contribution in [2.24, 2.45) is 0 Å². The van der Waals surface area contributed by atoms with E-state index in [1.54, 1.807) is 18.2 Å². The monoisotopic (exact) mass is 313 g/mol. The van der Waals surface area contributed by atoms with E-state index in [1.165, 1.54) is 19.3 Å². The molecule has 0 saturated carbocycles. The average molecular weight is 314 g/mol. The molecule has 1 saturated heterocycles. The van der Waals surface area contributed by atoms with Crippen LogP contribution in [0, 0.1) is 0 Å². The summed E-state index contributed by atoms with van der Waals surface area (Å²) in [6, 6.07) is 5.47. The van der Waals surface area contributed by atoms with Crippen LogP contribution < -0.4 is 0 Å². The fourth-order valence-corrected chi connectivity index (χ4v) is 3.54.